The molecule has 140 valence electrons. The van der Waals surface area contributed by atoms with Gasteiger partial charge < -0.3 is 9.80 Å². The van der Waals surface area contributed by atoms with E-state index in [1.807, 2.05) is 23.1 Å². The lowest BCUT2D eigenvalue weighted by Crippen LogP contribution is -2.49. The largest absolute Gasteiger partial charge is 0.352 e. The smallest absolute Gasteiger partial charge is 0.227 e. The molecule has 1 aliphatic rings. The highest BCUT2D eigenvalue weighted by Crippen LogP contribution is 2.34. The van der Waals surface area contributed by atoms with Crippen molar-refractivity contribution in [2.45, 2.75) is 27.2 Å². The number of hydrogen-bond donors (Lipinski definition) is 0. The number of aryl methyl sites for hydroxylation is 3. The quantitative estimate of drug-likeness (QED) is 0.698. The predicted octanol–water partition coefficient (Wildman–Crippen LogP) is 3.51. The third-order valence-corrected chi connectivity index (χ3v) is 6.60. The number of thiophene rings is 1. The molecule has 0 unspecified atom stereocenters. The van der Waals surface area contributed by atoms with Crippen molar-refractivity contribution < 1.29 is 4.79 Å². The molecule has 1 amide bonds. The fraction of sp³-hybridized carbons (Fsp3) is 0.381. The summed E-state index contributed by atoms with van der Waals surface area (Å²) in [7, 11) is 0. The van der Waals surface area contributed by atoms with Gasteiger partial charge in [0.1, 0.15) is 17.0 Å². The van der Waals surface area contributed by atoms with E-state index in [4.69, 9.17) is 0 Å². The zero-order chi connectivity index (χ0) is 19.0. The van der Waals surface area contributed by atoms with Crippen LogP contribution in [0.15, 0.2) is 30.6 Å². The molecular weight excluding hydrogens is 356 g/mol. The number of benzene rings is 1. The normalized spacial score (nSPS) is 14.8. The maximum atomic E-state index is 12.7. The standard InChI is InChI=1S/C21H24N4OS/c1-14-6-4-5-7-17(14)12-18(26)24-8-10-25(11-9-24)20-19-15(2)16(3)27-21(19)23-13-22-20/h4-7,13H,8-12H2,1-3H3. The van der Waals surface area contributed by atoms with Gasteiger partial charge in [0.15, 0.2) is 0 Å². The molecule has 1 aliphatic heterocycles. The summed E-state index contributed by atoms with van der Waals surface area (Å²) in [6, 6.07) is 8.12. The number of aromatic nitrogens is 2. The molecule has 0 saturated carbocycles. The van der Waals surface area contributed by atoms with Crippen LogP contribution in [0.25, 0.3) is 10.2 Å². The summed E-state index contributed by atoms with van der Waals surface area (Å²) in [5, 5.41) is 1.17. The average Bonchev–Trinajstić information content (AvgIpc) is 2.98. The minimum atomic E-state index is 0.208. The molecule has 2 aromatic heterocycles. The summed E-state index contributed by atoms with van der Waals surface area (Å²) in [6.07, 6.45) is 2.13. The van der Waals surface area contributed by atoms with Gasteiger partial charge in [-0.25, -0.2) is 9.97 Å². The fourth-order valence-electron chi connectivity index (χ4n) is 3.65. The van der Waals surface area contributed by atoms with Crippen LogP contribution >= 0.6 is 11.3 Å². The summed E-state index contributed by atoms with van der Waals surface area (Å²) in [5.41, 5.74) is 3.56. The maximum absolute atomic E-state index is 12.7. The first-order valence-corrected chi connectivity index (χ1v) is 10.1. The summed E-state index contributed by atoms with van der Waals surface area (Å²) in [4.78, 5) is 28.3. The van der Waals surface area contributed by atoms with Gasteiger partial charge in [-0.05, 0) is 37.5 Å². The second-order valence-electron chi connectivity index (χ2n) is 7.13. The van der Waals surface area contributed by atoms with Crippen molar-refractivity contribution in [2.24, 2.45) is 0 Å². The van der Waals surface area contributed by atoms with E-state index in [0.29, 0.717) is 6.42 Å². The first-order chi connectivity index (χ1) is 13.0. The molecule has 0 aliphatic carbocycles. The van der Waals surface area contributed by atoms with Crippen LogP contribution in [0.3, 0.4) is 0 Å². The third-order valence-electron chi connectivity index (χ3n) is 5.48. The number of piperazine rings is 1. The Morgan fingerprint density at radius 1 is 1.07 bits per heavy atom. The SMILES string of the molecule is Cc1ccccc1CC(=O)N1CCN(c2ncnc3sc(C)c(C)c23)CC1. The van der Waals surface area contributed by atoms with E-state index < -0.39 is 0 Å². The van der Waals surface area contributed by atoms with E-state index in [0.717, 1.165) is 42.4 Å². The van der Waals surface area contributed by atoms with Gasteiger partial charge in [-0.3, -0.25) is 4.79 Å². The van der Waals surface area contributed by atoms with Gasteiger partial charge in [-0.15, -0.1) is 11.3 Å². The Kier molecular flexibility index (Phi) is 4.83. The molecule has 3 aromatic rings. The lowest BCUT2D eigenvalue weighted by molar-refractivity contribution is -0.130. The van der Waals surface area contributed by atoms with Crippen molar-refractivity contribution in [3.63, 3.8) is 0 Å². The van der Waals surface area contributed by atoms with E-state index in [1.165, 1.54) is 21.4 Å². The molecule has 1 aromatic carbocycles. The highest BCUT2D eigenvalue weighted by molar-refractivity contribution is 7.18. The monoisotopic (exact) mass is 380 g/mol. The summed E-state index contributed by atoms with van der Waals surface area (Å²) in [5.74, 6) is 1.21. The van der Waals surface area contributed by atoms with E-state index in [1.54, 1.807) is 17.7 Å². The number of hydrogen-bond acceptors (Lipinski definition) is 5. The summed E-state index contributed by atoms with van der Waals surface area (Å²) >= 11 is 1.72. The Morgan fingerprint density at radius 3 is 2.56 bits per heavy atom. The Balaban J connectivity index is 1.47. The summed E-state index contributed by atoms with van der Waals surface area (Å²) in [6.45, 7) is 9.42. The van der Waals surface area contributed by atoms with Crippen molar-refractivity contribution in [1.29, 1.82) is 0 Å². The van der Waals surface area contributed by atoms with Crippen LogP contribution in [0.1, 0.15) is 21.6 Å². The van der Waals surface area contributed by atoms with E-state index in [9.17, 15) is 4.79 Å². The third kappa shape index (κ3) is 3.41. The van der Waals surface area contributed by atoms with Gasteiger partial charge >= 0.3 is 0 Å². The molecule has 0 bridgehead atoms. The number of fused-ring (bicyclic) bond motifs is 1. The van der Waals surface area contributed by atoms with Crippen molar-refractivity contribution in [1.82, 2.24) is 14.9 Å². The minimum Gasteiger partial charge on any atom is -0.352 e. The molecule has 3 heterocycles. The van der Waals surface area contributed by atoms with Crippen LogP contribution < -0.4 is 4.90 Å². The zero-order valence-electron chi connectivity index (χ0n) is 16.0. The Bertz CT molecular complexity index is 989. The number of amides is 1. The number of rotatable bonds is 3. The number of anilines is 1. The molecule has 0 N–H and O–H groups in total. The average molecular weight is 381 g/mol. The minimum absolute atomic E-state index is 0.208. The molecule has 0 radical (unpaired) electrons. The predicted molar refractivity (Wildman–Crippen MR) is 111 cm³/mol. The first kappa shape index (κ1) is 17.9. The number of nitrogens with zero attached hydrogens (tertiary/aromatic N) is 4. The van der Waals surface area contributed by atoms with Gasteiger partial charge in [0.25, 0.3) is 0 Å². The highest BCUT2D eigenvalue weighted by Gasteiger charge is 2.24. The molecule has 1 saturated heterocycles. The van der Waals surface area contributed by atoms with Gasteiger partial charge in [0, 0.05) is 31.1 Å². The molecule has 0 spiro atoms. The first-order valence-electron chi connectivity index (χ1n) is 9.32. The summed E-state index contributed by atoms with van der Waals surface area (Å²) < 4.78 is 0. The fourth-order valence-corrected chi connectivity index (χ4v) is 4.65. The molecule has 27 heavy (non-hydrogen) atoms. The van der Waals surface area contributed by atoms with Crippen LogP contribution in [0.5, 0.6) is 0 Å². The van der Waals surface area contributed by atoms with Crippen molar-refractivity contribution in [2.75, 3.05) is 31.1 Å². The lowest BCUT2D eigenvalue weighted by Gasteiger charge is -2.35. The molecule has 0 atom stereocenters. The van der Waals surface area contributed by atoms with Crippen LogP contribution in [-0.4, -0.2) is 47.0 Å². The lowest BCUT2D eigenvalue weighted by atomic mass is 10.1. The molecule has 6 heteroatoms. The number of carbonyl (C=O) groups is 1. The van der Waals surface area contributed by atoms with Crippen LogP contribution in [0, 0.1) is 20.8 Å². The molecular formula is C21H24N4OS. The van der Waals surface area contributed by atoms with E-state index >= 15 is 0 Å². The molecule has 5 nitrogen and oxygen atoms in total. The van der Waals surface area contributed by atoms with Crippen LogP contribution in [0.4, 0.5) is 5.82 Å². The van der Waals surface area contributed by atoms with Gasteiger partial charge in [0.05, 0.1) is 11.8 Å². The molecule has 4 rings (SSSR count). The van der Waals surface area contributed by atoms with Crippen molar-refractivity contribution in [3.05, 3.63) is 52.2 Å². The van der Waals surface area contributed by atoms with Crippen molar-refractivity contribution in [3.8, 4) is 0 Å². The van der Waals surface area contributed by atoms with Crippen LogP contribution in [-0.2, 0) is 11.2 Å². The zero-order valence-corrected chi connectivity index (χ0v) is 16.8. The van der Waals surface area contributed by atoms with E-state index in [2.05, 4.69) is 41.7 Å². The highest BCUT2D eigenvalue weighted by atomic mass is 32.1. The topological polar surface area (TPSA) is 49.3 Å². The Morgan fingerprint density at radius 2 is 1.81 bits per heavy atom. The van der Waals surface area contributed by atoms with Gasteiger partial charge in [-0.1, -0.05) is 24.3 Å². The van der Waals surface area contributed by atoms with E-state index in [-0.39, 0.29) is 5.91 Å². The van der Waals surface area contributed by atoms with Gasteiger partial charge in [0.2, 0.25) is 5.91 Å². The van der Waals surface area contributed by atoms with Crippen LogP contribution in [0.2, 0.25) is 0 Å². The maximum Gasteiger partial charge on any atom is 0.227 e. The Labute approximate surface area is 163 Å². The Hall–Kier alpha value is -2.47. The molecule has 1 fully saturated rings. The second kappa shape index (κ2) is 7.27. The number of carbonyl (C=O) groups excluding carboxylic acids is 1. The van der Waals surface area contributed by atoms with Gasteiger partial charge in [-0.2, -0.15) is 0 Å². The van der Waals surface area contributed by atoms with Crippen molar-refractivity contribution >= 4 is 33.3 Å². The second-order valence-corrected chi connectivity index (χ2v) is 8.33.